The fourth-order valence-corrected chi connectivity index (χ4v) is 3.49. The molecular weight excluding hydrogens is 370 g/mol. The molecule has 0 spiro atoms. The second kappa shape index (κ2) is 9.03. The summed E-state index contributed by atoms with van der Waals surface area (Å²) in [7, 11) is 0. The Bertz CT molecular complexity index is 690. The minimum atomic E-state index is -0.465. The highest BCUT2D eigenvalue weighted by molar-refractivity contribution is 5.68. The summed E-state index contributed by atoms with van der Waals surface area (Å²) in [5, 5.41) is 2.93. The van der Waals surface area contributed by atoms with Gasteiger partial charge in [0.1, 0.15) is 12.2 Å². The molecule has 0 bridgehead atoms. The highest BCUT2D eigenvalue weighted by Crippen LogP contribution is 2.45. The smallest absolute Gasteiger partial charge is 0.410 e. The monoisotopic (exact) mass is 403 g/mol. The first kappa shape index (κ1) is 21.4. The molecule has 7 nitrogen and oxygen atoms in total. The maximum Gasteiger partial charge on any atom is 0.410 e. The molecule has 0 aromatic heterocycles. The normalized spacial score (nSPS) is 18.8. The molecule has 0 unspecified atom stereocenters. The van der Waals surface area contributed by atoms with E-state index in [4.69, 9.17) is 9.47 Å². The summed E-state index contributed by atoms with van der Waals surface area (Å²) < 4.78 is 10.8. The Labute approximate surface area is 173 Å². The summed E-state index contributed by atoms with van der Waals surface area (Å²) in [5.74, 6) is 0. The molecule has 0 radical (unpaired) electrons. The minimum Gasteiger partial charge on any atom is -0.445 e. The molecule has 1 aromatic rings. The van der Waals surface area contributed by atoms with Crippen molar-refractivity contribution < 1.29 is 19.1 Å². The van der Waals surface area contributed by atoms with E-state index in [-0.39, 0.29) is 24.2 Å². The van der Waals surface area contributed by atoms with E-state index in [9.17, 15) is 9.59 Å². The molecule has 2 aliphatic rings. The Morgan fingerprint density at radius 2 is 1.72 bits per heavy atom. The first-order chi connectivity index (χ1) is 13.7. The molecule has 1 aromatic carbocycles. The van der Waals surface area contributed by atoms with Crippen molar-refractivity contribution in [3.8, 4) is 0 Å². The molecule has 1 N–H and O–H groups in total. The fourth-order valence-electron chi connectivity index (χ4n) is 3.49. The first-order valence-corrected chi connectivity index (χ1v) is 10.4. The highest BCUT2D eigenvalue weighted by Gasteiger charge is 2.44. The number of benzene rings is 1. The van der Waals surface area contributed by atoms with Crippen LogP contribution in [0.5, 0.6) is 0 Å². The van der Waals surface area contributed by atoms with Crippen molar-refractivity contribution in [1.29, 1.82) is 0 Å². The predicted octanol–water partition coefficient (Wildman–Crippen LogP) is 3.25. The van der Waals surface area contributed by atoms with E-state index >= 15 is 0 Å². The van der Waals surface area contributed by atoms with Gasteiger partial charge in [0.2, 0.25) is 0 Å². The van der Waals surface area contributed by atoms with Gasteiger partial charge in [-0.3, -0.25) is 4.90 Å². The molecule has 2 fully saturated rings. The molecule has 3 rings (SSSR count). The van der Waals surface area contributed by atoms with Gasteiger partial charge in [-0.25, -0.2) is 9.59 Å². The molecule has 1 saturated heterocycles. The number of carbonyl (C=O) groups is 2. The maximum absolute atomic E-state index is 12.2. The van der Waals surface area contributed by atoms with E-state index < -0.39 is 5.60 Å². The summed E-state index contributed by atoms with van der Waals surface area (Å²) in [6.07, 6.45) is 1.62. The molecular formula is C22H33N3O4. The number of hydrogen-bond acceptors (Lipinski definition) is 5. The quantitative estimate of drug-likeness (QED) is 0.790. The Kier molecular flexibility index (Phi) is 6.67. The lowest BCUT2D eigenvalue weighted by Crippen LogP contribution is -2.51. The van der Waals surface area contributed by atoms with Gasteiger partial charge in [0.25, 0.3) is 0 Å². The molecule has 0 atom stereocenters. The number of hydrogen-bond donors (Lipinski definition) is 1. The van der Waals surface area contributed by atoms with Crippen LogP contribution in [0.25, 0.3) is 0 Å². The van der Waals surface area contributed by atoms with Crippen LogP contribution in [-0.2, 0) is 16.1 Å². The van der Waals surface area contributed by atoms with Crippen molar-refractivity contribution in [2.75, 3.05) is 39.3 Å². The minimum absolute atomic E-state index is 0.139. The molecule has 7 heteroatoms. The highest BCUT2D eigenvalue weighted by atomic mass is 16.6. The van der Waals surface area contributed by atoms with Gasteiger partial charge in [-0.15, -0.1) is 0 Å². The van der Waals surface area contributed by atoms with Gasteiger partial charge in [-0.2, -0.15) is 0 Å². The average molecular weight is 404 g/mol. The van der Waals surface area contributed by atoms with Crippen LogP contribution in [0.1, 0.15) is 39.2 Å². The van der Waals surface area contributed by atoms with Gasteiger partial charge in [-0.1, -0.05) is 30.3 Å². The number of ether oxygens (including phenoxy) is 2. The molecule has 29 heavy (non-hydrogen) atoms. The van der Waals surface area contributed by atoms with Crippen molar-refractivity contribution in [3.63, 3.8) is 0 Å². The van der Waals surface area contributed by atoms with E-state index in [1.807, 2.05) is 51.1 Å². The largest absolute Gasteiger partial charge is 0.445 e. The molecule has 2 amide bonds. The van der Waals surface area contributed by atoms with Gasteiger partial charge >= 0.3 is 12.2 Å². The van der Waals surface area contributed by atoms with E-state index in [0.29, 0.717) is 19.6 Å². The number of carbonyl (C=O) groups excluding carboxylic acids is 2. The third-order valence-corrected chi connectivity index (χ3v) is 5.36. The molecule has 1 heterocycles. The summed E-state index contributed by atoms with van der Waals surface area (Å²) in [5.41, 5.74) is 0.652. The third-order valence-electron chi connectivity index (χ3n) is 5.36. The van der Waals surface area contributed by atoms with Crippen LogP contribution >= 0.6 is 0 Å². The van der Waals surface area contributed by atoms with Crippen molar-refractivity contribution >= 4 is 12.2 Å². The predicted molar refractivity (Wildman–Crippen MR) is 111 cm³/mol. The average Bonchev–Trinajstić information content (AvgIpc) is 3.44. The number of alkyl carbamates (subject to hydrolysis) is 1. The zero-order valence-electron chi connectivity index (χ0n) is 17.8. The molecule has 1 aliphatic carbocycles. The lowest BCUT2D eigenvalue weighted by molar-refractivity contribution is 0.0129. The standard InChI is InChI=1S/C22H33N3O4/c1-21(2,3)29-20(27)25-13-11-24(12-14-25)17-22(9-10-22)16-23-19(26)28-15-18-7-5-4-6-8-18/h4-8H,9-17H2,1-3H3,(H,23,26). The second-order valence-electron chi connectivity index (χ2n) is 9.16. The molecule has 1 aliphatic heterocycles. The number of rotatable bonds is 6. The summed E-state index contributed by atoms with van der Waals surface area (Å²) >= 11 is 0. The number of nitrogens with one attached hydrogen (secondary N) is 1. The van der Waals surface area contributed by atoms with Crippen LogP contribution in [0.15, 0.2) is 30.3 Å². The van der Waals surface area contributed by atoms with Gasteiger partial charge in [0.05, 0.1) is 0 Å². The van der Waals surface area contributed by atoms with Gasteiger partial charge in [0.15, 0.2) is 0 Å². The van der Waals surface area contributed by atoms with Crippen molar-refractivity contribution in [2.24, 2.45) is 5.41 Å². The van der Waals surface area contributed by atoms with Crippen molar-refractivity contribution in [2.45, 2.75) is 45.8 Å². The van der Waals surface area contributed by atoms with Crippen LogP contribution < -0.4 is 5.32 Å². The zero-order valence-corrected chi connectivity index (χ0v) is 17.8. The van der Waals surface area contributed by atoms with Crippen LogP contribution in [0.3, 0.4) is 0 Å². The number of piperazine rings is 1. The Morgan fingerprint density at radius 3 is 2.31 bits per heavy atom. The van der Waals surface area contributed by atoms with E-state index in [1.54, 1.807) is 4.90 Å². The van der Waals surface area contributed by atoms with Crippen LogP contribution in [0.4, 0.5) is 9.59 Å². The third kappa shape index (κ3) is 6.92. The maximum atomic E-state index is 12.2. The fraction of sp³-hybridized carbons (Fsp3) is 0.636. The zero-order chi connectivity index (χ0) is 20.9. The van der Waals surface area contributed by atoms with Crippen molar-refractivity contribution in [3.05, 3.63) is 35.9 Å². The number of nitrogens with zero attached hydrogens (tertiary/aromatic N) is 2. The lowest BCUT2D eigenvalue weighted by atomic mass is 10.1. The second-order valence-corrected chi connectivity index (χ2v) is 9.16. The molecule has 160 valence electrons. The van der Waals surface area contributed by atoms with Crippen LogP contribution in [-0.4, -0.2) is 66.9 Å². The Balaban J connectivity index is 1.35. The van der Waals surface area contributed by atoms with Crippen LogP contribution in [0, 0.1) is 5.41 Å². The SMILES string of the molecule is CC(C)(C)OC(=O)N1CCN(CC2(CNC(=O)OCc3ccccc3)CC2)CC1. The summed E-state index contributed by atoms with van der Waals surface area (Å²) in [6, 6.07) is 9.67. The van der Waals surface area contributed by atoms with Gasteiger partial charge < -0.3 is 19.7 Å². The summed E-state index contributed by atoms with van der Waals surface area (Å²) in [4.78, 5) is 28.4. The lowest BCUT2D eigenvalue weighted by Gasteiger charge is -2.37. The van der Waals surface area contributed by atoms with Crippen LogP contribution in [0.2, 0.25) is 0 Å². The van der Waals surface area contributed by atoms with Crippen molar-refractivity contribution in [1.82, 2.24) is 15.1 Å². The molecule has 1 saturated carbocycles. The number of amides is 2. The van der Waals surface area contributed by atoms with Gasteiger partial charge in [-0.05, 0) is 39.2 Å². The Hall–Kier alpha value is -2.28. The topological polar surface area (TPSA) is 71.1 Å². The van der Waals surface area contributed by atoms with E-state index in [1.165, 1.54) is 0 Å². The van der Waals surface area contributed by atoms with E-state index in [0.717, 1.165) is 38.0 Å². The Morgan fingerprint density at radius 1 is 1.07 bits per heavy atom. The summed E-state index contributed by atoms with van der Waals surface area (Å²) in [6.45, 7) is 10.5. The van der Waals surface area contributed by atoms with E-state index in [2.05, 4.69) is 10.2 Å². The first-order valence-electron chi connectivity index (χ1n) is 10.4. The van der Waals surface area contributed by atoms with Gasteiger partial charge in [0, 0.05) is 44.7 Å².